The van der Waals surface area contributed by atoms with Crippen molar-refractivity contribution in [3.63, 3.8) is 0 Å². The van der Waals surface area contributed by atoms with E-state index in [1.165, 1.54) is 12.1 Å². The first-order chi connectivity index (χ1) is 22.9. The van der Waals surface area contributed by atoms with Crippen molar-refractivity contribution >= 4 is 34.1 Å². The first-order valence-electron chi connectivity index (χ1n) is 15.5. The zero-order valence-electron chi connectivity index (χ0n) is 25.6. The number of anilines is 2. The number of carbonyl (C=O) groups excluding carboxylic acids is 2. The number of halogens is 1. The molecule has 2 aliphatic heterocycles. The number of hydrogen-bond donors (Lipinski definition) is 2. The summed E-state index contributed by atoms with van der Waals surface area (Å²) in [6.45, 7) is 3.41. The molecular weight excluding hydrogens is 597 g/mol. The zero-order chi connectivity index (χ0) is 32.4. The molecule has 0 saturated carbocycles. The number of likely N-dealkylation sites (tertiary alicyclic amines) is 1. The van der Waals surface area contributed by atoms with Gasteiger partial charge in [-0.2, -0.15) is 10.4 Å². The van der Waals surface area contributed by atoms with Crippen LogP contribution in [0.5, 0.6) is 0 Å². The fraction of sp³-hybridized carbons (Fsp3) is 0.257. The number of benzene rings is 3. The van der Waals surface area contributed by atoms with Crippen molar-refractivity contribution in [3.8, 4) is 28.7 Å². The lowest BCUT2D eigenvalue weighted by atomic mass is 9.88. The predicted molar refractivity (Wildman–Crippen MR) is 175 cm³/mol. The van der Waals surface area contributed by atoms with Crippen molar-refractivity contribution in [1.82, 2.24) is 30.0 Å². The molecule has 3 aromatic carbocycles. The number of rotatable bonds is 7. The fourth-order valence-corrected chi connectivity index (χ4v) is 6.30. The smallest absolute Gasteiger partial charge is 0.246 e. The van der Waals surface area contributed by atoms with Crippen LogP contribution in [0.15, 0.2) is 85.2 Å². The van der Waals surface area contributed by atoms with E-state index < -0.39 is 11.3 Å². The lowest BCUT2D eigenvalue weighted by Crippen LogP contribution is -2.51. The van der Waals surface area contributed by atoms with Gasteiger partial charge in [0.2, 0.25) is 11.8 Å². The number of carbonyl (C=O) groups is 2. The highest BCUT2D eigenvalue weighted by atomic mass is 19.1. The Bertz CT molecular complexity index is 1950. The highest BCUT2D eigenvalue weighted by molar-refractivity contribution is 6.01. The Labute approximate surface area is 270 Å². The SMILES string of the molecule is N#CC1(C(=O)Nc2ccc3[nH]nc(-c4ccc(F)cc4)c3c2)CCN(CC(=O)N2CCN(c3ccc(-c4ncccn4)cc3)CC2)C1. The van der Waals surface area contributed by atoms with E-state index in [0.29, 0.717) is 56.4 Å². The van der Waals surface area contributed by atoms with E-state index in [4.69, 9.17) is 0 Å². The normalized spacial score (nSPS) is 18.3. The average Bonchev–Trinajstić information content (AvgIpc) is 3.74. The topological polar surface area (TPSA) is 134 Å². The van der Waals surface area contributed by atoms with Crippen LogP contribution in [0.4, 0.5) is 15.8 Å². The molecule has 2 fully saturated rings. The molecule has 2 aliphatic rings. The third-order valence-corrected chi connectivity index (χ3v) is 8.98. The van der Waals surface area contributed by atoms with Gasteiger partial charge in [-0.05, 0) is 79.2 Å². The molecule has 4 heterocycles. The summed E-state index contributed by atoms with van der Waals surface area (Å²) >= 11 is 0. The van der Waals surface area contributed by atoms with Gasteiger partial charge in [0.1, 0.15) is 11.2 Å². The number of piperazine rings is 1. The van der Waals surface area contributed by atoms with E-state index in [-0.39, 0.29) is 24.8 Å². The third kappa shape index (κ3) is 6.13. The van der Waals surface area contributed by atoms with Gasteiger partial charge in [0.15, 0.2) is 5.82 Å². The third-order valence-electron chi connectivity index (χ3n) is 8.98. The van der Waals surface area contributed by atoms with Crippen molar-refractivity contribution in [2.24, 2.45) is 5.41 Å². The molecule has 7 rings (SSSR count). The highest BCUT2D eigenvalue weighted by Gasteiger charge is 2.46. The van der Waals surface area contributed by atoms with Crippen molar-refractivity contribution < 1.29 is 14.0 Å². The summed E-state index contributed by atoms with van der Waals surface area (Å²) in [5.41, 5.74) is 3.41. The van der Waals surface area contributed by atoms with E-state index >= 15 is 0 Å². The number of H-pyrrole nitrogens is 1. The summed E-state index contributed by atoms with van der Waals surface area (Å²) in [6, 6.07) is 23.5. The van der Waals surface area contributed by atoms with E-state index in [1.807, 2.05) is 21.9 Å². The van der Waals surface area contributed by atoms with Gasteiger partial charge in [0.05, 0.1) is 23.8 Å². The molecule has 2 amide bonds. The van der Waals surface area contributed by atoms with Gasteiger partial charge in [-0.3, -0.25) is 19.6 Å². The van der Waals surface area contributed by atoms with Crippen molar-refractivity contribution in [3.05, 3.63) is 91.0 Å². The van der Waals surface area contributed by atoms with E-state index in [2.05, 4.69) is 48.6 Å². The molecule has 11 nitrogen and oxygen atoms in total. The number of hydrogen-bond acceptors (Lipinski definition) is 8. The van der Waals surface area contributed by atoms with E-state index in [9.17, 15) is 19.2 Å². The first kappa shape index (κ1) is 30.0. The number of amides is 2. The quantitative estimate of drug-likeness (QED) is 0.272. The fourth-order valence-electron chi connectivity index (χ4n) is 6.30. The van der Waals surface area contributed by atoms with E-state index in [1.54, 1.807) is 48.8 Å². The number of aromatic amines is 1. The van der Waals surface area contributed by atoms with E-state index in [0.717, 1.165) is 27.7 Å². The maximum atomic E-state index is 13.5. The summed E-state index contributed by atoms with van der Waals surface area (Å²) in [6.07, 6.45) is 3.77. The van der Waals surface area contributed by atoms with Crippen molar-refractivity contribution in [2.75, 3.05) is 56.0 Å². The summed E-state index contributed by atoms with van der Waals surface area (Å²) in [5, 5.41) is 21.2. The predicted octanol–water partition coefficient (Wildman–Crippen LogP) is 4.33. The highest BCUT2D eigenvalue weighted by Crippen LogP contribution is 2.33. The molecule has 2 saturated heterocycles. The summed E-state index contributed by atoms with van der Waals surface area (Å²) in [5.74, 6) is -0.0633. The Morgan fingerprint density at radius 1 is 0.936 bits per heavy atom. The van der Waals surface area contributed by atoms with Crippen LogP contribution in [-0.2, 0) is 9.59 Å². The van der Waals surface area contributed by atoms with Crippen molar-refractivity contribution in [1.29, 1.82) is 5.26 Å². The molecule has 12 heteroatoms. The molecule has 2 N–H and O–H groups in total. The standard InChI is InChI=1S/C35H32FN9O2/c36-26-6-2-24(3-7-26)32-29-20-27(8-11-30(29)41-42-32)40-34(47)35(22-37)12-15-43(23-35)21-31(46)45-18-16-44(17-19-45)28-9-4-25(5-10-28)33-38-13-1-14-39-33/h1-11,13-14,20H,12,15-19,21,23H2,(H,40,47)(H,41,42). The lowest BCUT2D eigenvalue weighted by molar-refractivity contribution is -0.133. The lowest BCUT2D eigenvalue weighted by Gasteiger charge is -2.36. The Morgan fingerprint density at radius 2 is 1.66 bits per heavy atom. The van der Waals surface area contributed by atoms with Crippen LogP contribution in [0.25, 0.3) is 33.5 Å². The maximum Gasteiger partial charge on any atom is 0.246 e. The Kier molecular flexibility index (Phi) is 8.05. The average molecular weight is 630 g/mol. The molecule has 5 aromatic rings. The van der Waals surface area contributed by atoms with Crippen LogP contribution in [-0.4, -0.2) is 87.6 Å². The van der Waals surface area contributed by atoms with Crippen LogP contribution < -0.4 is 10.2 Å². The molecule has 1 atom stereocenters. The Balaban J connectivity index is 0.941. The number of aromatic nitrogens is 4. The van der Waals surface area contributed by atoms with Crippen LogP contribution in [0.1, 0.15) is 6.42 Å². The van der Waals surface area contributed by atoms with Gasteiger partial charge in [-0.15, -0.1) is 0 Å². The van der Waals surface area contributed by atoms with Gasteiger partial charge in [0, 0.05) is 79.6 Å². The molecule has 0 spiro atoms. The summed E-state index contributed by atoms with van der Waals surface area (Å²) in [4.78, 5) is 41.4. The molecule has 47 heavy (non-hydrogen) atoms. The molecule has 2 aromatic heterocycles. The minimum Gasteiger partial charge on any atom is -0.368 e. The van der Waals surface area contributed by atoms with Gasteiger partial charge >= 0.3 is 0 Å². The minimum atomic E-state index is -1.28. The zero-order valence-corrected chi connectivity index (χ0v) is 25.6. The summed E-state index contributed by atoms with van der Waals surface area (Å²) < 4.78 is 13.5. The largest absolute Gasteiger partial charge is 0.368 e. The molecule has 1 unspecified atom stereocenters. The van der Waals surface area contributed by atoms with Crippen LogP contribution in [0, 0.1) is 22.6 Å². The van der Waals surface area contributed by atoms with Gasteiger partial charge in [-0.25, -0.2) is 14.4 Å². The Hall–Kier alpha value is -5.67. The molecule has 0 aliphatic carbocycles. The van der Waals surface area contributed by atoms with Gasteiger partial charge in [0.25, 0.3) is 0 Å². The number of nitriles is 1. The van der Waals surface area contributed by atoms with Crippen LogP contribution in [0.3, 0.4) is 0 Å². The summed E-state index contributed by atoms with van der Waals surface area (Å²) in [7, 11) is 0. The number of nitrogens with zero attached hydrogens (tertiary/aromatic N) is 7. The second-order valence-corrected chi connectivity index (χ2v) is 11.9. The second kappa shape index (κ2) is 12.6. The van der Waals surface area contributed by atoms with Crippen LogP contribution in [0.2, 0.25) is 0 Å². The van der Waals surface area contributed by atoms with Crippen molar-refractivity contribution in [2.45, 2.75) is 6.42 Å². The monoisotopic (exact) mass is 629 g/mol. The number of nitrogens with one attached hydrogen (secondary N) is 2. The van der Waals surface area contributed by atoms with Gasteiger partial charge < -0.3 is 15.1 Å². The Morgan fingerprint density at radius 3 is 2.38 bits per heavy atom. The van der Waals surface area contributed by atoms with Crippen LogP contribution >= 0.6 is 0 Å². The molecular formula is C35H32FN9O2. The molecule has 0 bridgehead atoms. The molecule has 0 radical (unpaired) electrons. The minimum absolute atomic E-state index is 0.00546. The first-order valence-corrected chi connectivity index (χ1v) is 15.5. The second-order valence-electron chi connectivity index (χ2n) is 11.9. The molecule has 236 valence electrons. The number of fused-ring (bicyclic) bond motifs is 1. The van der Waals surface area contributed by atoms with Gasteiger partial charge in [-0.1, -0.05) is 0 Å². The maximum absolute atomic E-state index is 13.5.